The van der Waals surface area contributed by atoms with Gasteiger partial charge in [0, 0.05) is 22.6 Å². The quantitative estimate of drug-likeness (QED) is 0.850. The first-order valence-electron chi connectivity index (χ1n) is 7.01. The van der Waals surface area contributed by atoms with Crippen molar-refractivity contribution in [2.24, 2.45) is 0 Å². The van der Waals surface area contributed by atoms with E-state index < -0.39 is 0 Å². The zero-order valence-electron chi connectivity index (χ0n) is 12.3. The van der Waals surface area contributed by atoms with Crippen LogP contribution < -0.4 is 14.8 Å². The number of hydrogen-bond acceptors (Lipinski definition) is 4. The smallest absolute Gasteiger partial charge is 0.124 e. The largest absolute Gasteiger partial charge is 0.497 e. The monoisotopic (exact) mass is 301 g/mol. The zero-order valence-corrected chi connectivity index (χ0v) is 13.1. The van der Waals surface area contributed by atoms with Crippen LogP contribution in [0.2, 0.25) is 0 Å². The molecule has 0 saturated heterocycles. The molecule has 0 spiro atoms. The Labute approximate surface area is 129 Å². The first-order valence-corrected chi connectivity index (χ1v) is 8.24. The summed E-state index contributed by atoms with van der Waals surface area (Å²) < 4.78 is 11.1. The molecule has 1 N–H and O–H groups in total. The molecule has 1 aliphatic rings. The molecule has 1 atom stereocenters. The highest BCUT2D eigenvalue weighted by Crippen LogP contribution is 2.37. The molecule has 0 aromatic heterocycles. The van der Waals surface area contributed by atoms with E-state index in [9.17, 15) is 0 Å². The van der Waals surface area contributed by atoms with Crippen LogP contribution in [-0.2, 0) is 0 Å². The summed E-state index contributed by atoms with van der Waals surface area (Å²) in [4.78, 5) is 1.26. The maximum Gasteiger partial charge on any atom is 0.124 e. The van der Waals surface area contributed by atoms with E-state index in [1.54, 1.807) is 18.9 Å². The second-order valence-electron chi connectivity index (χ2n) is 4.97. The van der Waals surface area contributed by atoms with Crippen LogP contribution in [0.3, 0.4) is 0 Å². The minimum absolute atomic E-state index is 0.251. The Kier molecular flexibility index (Phi) is 4.25. The molecule has 3 nitrogen and oxygen atoms in total. The Bertz CT molecular complexity index is 630. The lowest BCUT2D eigenvalue weighted by Crippen LogP contribution is -2.20. The van der Waals surface area contributed by atoms with E-state index in [0.717, 1.165) is 35.8 Å². The van der Waals surface area contributed by atoms with Crippen LogP contribution in [0.1, 0.15) is 18.0 Å². The van der Waals surface area contributed by atoms with E-state index in [2.05, 4.69) is 41.9 Å². The van der Waals surface area contributed by atoms with Crippen molar-refractivity contribution < 1.29 is 9.47 Å². The molecule has 0 amide bonds. The lowest BCUT2D eigenvalue weighted by atomic mass is 10.00. The summed E-state index contributed by atoms with van der Waals surface area (Å²) in [5.74, 6) is 1.81. The van der Waals surface area contributed by atoms with Crippen LogP contribution in [-0.4, -0.2) is 20.0 Å². The zero-order chi connectivity index (χ0) is 14.7. The van der Waals surface area contributed by atoms with Crippen molar-refractivity contribution in [3.63, 3.8) is 0 Å². The second-order valence-corrected chi connectivity index (χ2v) is 5.85. The van der Waals surface area contributed by atoms with Gasteiger partial charge < -0.3 is 14.8 Å². The highest BCUT2D eigenvalue weighted by atomic mass is 32.2. The summed E-state index contributed by atoms with van der Waals surface area (Å²) in [7, 11) is 1.69. The van der Waals surface area contributed by atoms with Crippen molar-refractivity contribution in [2.75, 3.05) is 25.3 Å². The van der Waals surface area contributed by atoms with Gasteiger partial charge in [0.1, 0.15) is 11.5 Å². The van der Waals surface area contributed by atoms with Gasteiger partial charge in [-0.2, -0.15) is 0 Å². The molecule has 0 fully saturated rings. The Hall–Kier alpha value is -1.81. The SMILES string of the molecule is COc1ccc2c(c1)C(Nc1cccc(SC)c1)CCO2. The summed E-state index contributed by atoms with van der Waals surface area (Å²) in [6.07, 6.45) is 3.04. The van der Waals surface area contributed by atoms with Crippen LogP contribution in [0.15, 0.2) is 47.4 Å². The van der Waals surface area contributed by atoms with Gasteiger partial charge in [-0.25, -0.2) is 0 Å². The predicted molar refractivity (Wildman–Crippen MR) is 87.7 cm³/mol. The van der Waals surface area contributed by atoms with E-state index >= 15 is 0 Å². The molecule has 4 heteroatoms. The maximum atomic E-state index is 5.74. The Morgan fingerprint density at radius 2 is 2.14 bits per heavy atom. The van der Waals surface area contributed by atoms with E-state index in [4.69, 9.17) is 9.47 Å². The highest BCUT2D eigenvalue weighted by molar-refractivity contribution is 7.98. The lowest BCUT2D eigenvalue weighted by molar-refractivity contribution is 0.273. The van der Waals surface area contributed by atoms with Gasteiger partial charge in [0.25, 0.3) is 0 Å². The molecule has 110 valence electrons. The first-order chi connectivity index (χ1) is 10.3. The van der Waals surface area contributed by atoms with Crippen molar-refractivity contribution in [3.05, 3.63) is 48.0 Å². The number of thioether (sulfide) groups is 1. The summed E-state index contributed by atoms with van der Waals surface area (Å²) in [6, 6.07) is 14.7. The van der Waals surface area contributed by atoms with Crippen LogP contribution >= 0.6 is 11.8 Å². The average Bonchev–Trinajstić information content (AvgIpc) is 2.55. The highest BCUT2D eigenvalue weighted by Gasteiger charge is 2.22. The van der Waals surface area contributed by atoms with Crippen molar-refractivity contribution in [2.45, 2.75) is 17.4 Å². The van der Waals surface area contributed by atoms with Crippen molar-refractivity contribution in [1.82, 2.24) is 0 Å². The van der Waals surface area contributed by atoms with Crippen molar-refractivity contribution >= 4 is 17.4 Å². The summed E-state index contributed by atoms with van der Waals surface area (Å²) in [6.45, 7) is 0.735. The molecular weight excluding hydrogens is 282 g/mol. The van der Waals surface area contributed by atoms with Gasteiger partial charge in [0.2, 0.25) is 0 Å². The molecule has 1 heterocycles. The third-order valence-electron chi connectivity index (χ3n) is 3.67. The predicted octanol–water partition coefficient (Wildman–Crippen LogP) is 4.35. The number of rotatable bonds is 4. The molecule has 21 heavy (non-hydrogen) atoms. The van der Waals surface area contributed by atoms with E-state index in [-0.39, 0.29) is 6.04 Å². The number of benzene rings is 2. The molecule has 1 aliphatic heterocycles. The third-order valence-corrected chi connectivity index (χ3v) is 4.39. The standard InChI is InChI=1S/C17H19NO2S/c1-19-13-6-7-17-15(11-13)16(8-9-20-17)18-12-4-3-5-14(10-12)21-2/h3-7,10-11,16,18H,8-9H2,1-2H3. The normalized spacial score (nSPS) is 16.8. The van der Waals surface area contributed by atoms with Gasteiger partial charge in [-0.3, -0.25) is 0 Å². The minimum atomic E-state index is 0.251. The second kappa shape index (κ2) is 6.31. The Balaban J connectivity index is 1.87. The fraction of sp³-hybridized carbons (Fsp3) is 0.294. The molecule has 2 aromatic carbocycles. The van der Waals surface area contributed by atoms with E-state index in [0.29, 0.717) is 0 Å². The maximum absolute atomic E-state index is 5.74. The molecule has 1 unspecified atom stereocenters. The van der Waals surface area contributed by atoms with Gasteiger partial charge in [-0.05, 0) is 42.7 Å². The summed E-state index contributed by atoms with van der Waals surface area (Å²) in [5, 5.41) is 3.61. The van der Waals surface area contributed by atoms with Crippen molar-refractivity contribution in [3.8, 4) is 11.5 Å². The average molecular weight is 301 g/mol. The van der Waals surface area contributed by atoms with Crippen molar-refractivity contribution in [1.29, 1.82) is 0 Å². The van der Waals surface area contributed by atoms with E-state index in [1.807, 2.05) is 12.1 Å². The number of nitrogens with one attached hydrogen (secondary N) is 1. The molecule has 3 rings (SSSR count). The molecule has 0 saturated carbocycles. The number of fused-ring (bicyclic) bond motifs is 1. The number of ether oxygens (including phenoxy) is 2. The van der Waals surface area contributed by atoms with Crippen LogP contribution in [0.25, 0.3) is 0 Å². The summed E-state index contributed by atoms with van der Waals surface area (Å²) in [5.41, 5.74) is 2.30. The molecule has 0 radical (unpaired) electrons. The molecule has 0 aliphatic carbocycles. The number of anilines is 1. The number of hydrogen-bond donors (Lipinski definition) is 1. The molecule has 2 aromatic rings. The fourth-order valence-electron chi connectivity index (χ4n) is 2.56. The fourth-order valence-corrected chi connectivity index (χ4v) is 3.02. The Morgan fingerprint density at radius 3 is 2.95 bits per heavy atom. The van der Waals surface area contributed by atoms with Crippen LogP contribution in [0.5, 0.6) is 11.5 Å². The topological polar surface area (TPSA) is 30.5 Å². The van der Waals surface area contributed by atoms with Gasteiger partial charge >= 0.3 is 0 Å². The Morgan fingerprint density at radius 1 is 1.24 bits per heavy atom. The van der Waals surface area contributed by atoms with Crippen LogP contribution in [0.4, 0.5) is 5.69 Å². The van der Waals surface area contributed by atoms with Crippen LogP contribution in [0, 0.1) is 0 Å². The van der Waals surface area contributed by atoms with Gasteiger partial charge in [-0.1, -0.05) is 6.07 Å². The number of methoxy groups -OCH3 is 1. The third kappa shape index (κ3) is 3.10. The first kappa shape index (κ1) is 14.1. The molecular formula is C17H19NO2S. The van der Waals surface area contributed by atoms with Gasteiger partial charge in [0.15, 0.2) is 0 Å². The van der Waals surface area contributed by atoms with Gasteiger partial charge in [0.05, 0.1) is 19.8 Å². The van der Waals surface area contributed by atoms with Gasteiger partial charge in [-0.15, -0.1) is 11.8 Å². The molecule has 0 bridgehead atoms. The lowest BCUT2D eigenvalue weighted by Gasteiger charge is -2.28. The summed E-state index contributed by atoms with van der Waals surface area (Å²) >= 11 is 1.75. The van der Waals surface area contributed by atoms with E-state index in [1.165, 1.54) is 4.90 Å². The minimum Gasteiger partial charge on any atom is -0.497 e.